The van der Waals surface area contributed by atoms with Gasteiger partial charge in [-0.1, -0.05) is 45.0 Å². The van der Waals surface area contributed by atoms with Crippen LogP contribution in [0.3, 0.4) is 0 Å². The third-order valence-electron chi connectivity index (χ3n) is 8.05. The van der Waals surface area contributed by atoms with Crippen molar-refractivity contribution in [2.24, 2.45) is 5.41 Å². The summed E-state index contributed by atoms with van der Waals surface area (Å²) in [5.41, 5.74) is 1.31. The molecule has 13 heteroatoms. The van der Waals surface area contributed by atoms with E-state index in [1.165, 1.54) is 36.1 Å². The van der Waals surface area contributed by atoms with Crippen LogP contribution < -0.4 is 9.46 Å². The van der Waals surface area contributed by atoms with Crippen molar-refractivity contribution in [3.63, 3.8) is 0 Å². The van der Waals surface area contributed by atoms with Gasteiger partial charge in [0.25, 0.3) is 15.9 Å². The summed E-state index contributed by atoms with van der Waals surface area (Å²) in [6.07, 6.45) is -4.52. The highest BCUT2D eigenvalue weighted by molar-refractivity contribution is 7.92. The van der Waals surface area contributed by atoms with Crippen LogP contribution in [-0.4, -0.2) is 59.8 Å². The molecule has 1 amide bonds. The number of sulfonamides is 1. The Kier molecular flexibility index (Phi) is 8.41. The average Bonchev–Trinajstić information content (AvgIpc) is 2.88. The van der Waals surface area contributed by atoms with E-state index in [4.69, 9.17) is 4.74 Å². The Balaban J connectivity index is 1.64. The van der Waals surface area contributed by atoms with Gasteiger partial charge in [0.1, 0.15) is 6.61 Å². The Hall–Kier alpha value is -3.71. The van der Waals surface area contributed by atoms with Crippen molar-refractivity contribution in [1.29, 1.82) is 0 Å². The van der Waals surface area contributed by atoms with Crippen molar-refractivity contribution in [3.8, 4) is 17.1 Å². The minimum atomic E-state index is -4.83. The smallest absolute Gasteiger partial charge is 0.475 e. The number of carbonyl (C=O) groups excluding carboxylic acids is 1. The molecule has 1 aliphatic heterocycles. The van der Waals surface area contributed by atoms with Crippen LogP contribution in [0, 0.1) is 19.3 Å². The normalized spacial score (nSPS) is 23.5. The summed E-state index contributed by atoms with van der Waals surface area (Å²) >= 11 is 0. The highest BCUT2D eigenvalue weighted by Crippen LogP contribution is 2.44. The van der Waals surface area contributed by atoms with E-state index in [9.17, 15) is 26.4 Å². The zero-order chi connectivity index (χ0) is 32.9. The lowest BCUT2D eigenvalue weighted by atomic mass is 9.74. The summed E-state index contributed by atoms with van der Waals surface area (Å²) in [6, 6.07) is 11.7. The van der Waals surface area contributed by atoms with E-state index in [2.05, 4.69) is 19.4 Å². The number of aryl methyl sites for hydroxylation is 2. The van der Waals surface area contributed by atoms with Crippen molar-refractivity contribution >= 4 is 21.9 Å². The number of halogens is 3. The van der Waals surface area contributed by atoms with Gasteiger partial charge in [-0.3, -0.25) is 9.53 Å². The maximum Gasteiger partial charge on any atom is 0.523 e. The predicted octanol–water partition coefficient (Wildman–Crippen LogP) is 6.66. The van der Waals surface area contributed by atoms with Crippen LogP contribution in [0.2, 0.25) is 0 Å². The molecule has 9 nitrogen and oxygen atoms in total. The number of nitrogens with zero attached hydrogens (tertiary/aromatic N) is 3. The first-order valence-electron chi connectivity index (χ1n) is 14.6. The number of alkyl halides is 3. The zero-order valence-corrected chi connectivity index (χ0v) is 26.8. The molecular weight excluding hydrogens is 609 g/mol. The van der Waals surface area contributed by atoms with Gasteiger partial charge in [-0.2, -0.15) is 4.98 Å². The maximum absolute atomic E-state index is 14.2. The predicted molar refractivity (Wildman–Crippen MR) is 162 cm³/mol. The molecule has 1 aromatic heterocycles. The van der Waals surface area contributed by atoms with E-state index >= 15 is 0 Å². The van der Waals surface area contributed by atoms with Gasteiger partial charge in [0.2, 0.25) is 11.8 Å². The molecule has 5 rings (SSSR count). The number of anilines is 1. The Labute approximate surface area is 261 Å². The lowest BCUT2D eigenvalue weighted by Gasteiger charge is -2.52. The van der Waals surface area contributed by atoms with Crippen LogP contribution in [0.4, 0.5) is 19.1 Å². The lowest BCUT2D eigenvalue weighted by molar-refractivity contribution is -0.379. The summed E-state index contributed by atoms with van der Waals surface area (Å²) in [5, 5.41) is 0. The molecule has 4 bridgehead atoms. The Morgan fingerprint density at radius 3 is 2.31 bits per heavy atom. The molecule has 0 radical (unpaired) electrons. The van der Waals surface area contributed by atoms with Crippen molar-refractivity contribution in [2.75, 3.05) is 11.3 Å². The molecule has 1 aliphatic carbocycles. The molecule has 2 heterocycles. The van der Waals surface area contributed by atoms with Gasteiger partial charge in [-0.15, -0.1) is 13.2 Å². The number of aromatic nitrogens is 2. The fourth-order valence-corrected chi connectivity index (χ4v) is 7.26. The van der Waals surface area contributed by atoms with Crippen LogP contribution in [0.15, 0.2) is 53.4 Å². The molecule has 2 aliphatic rings. The van der Waals surface area contributed by atoms with Crippen molar-refractivity contribution in [1.82, 2.24) is 14.9 Å². The van der Waals surface area contributed by atoms with Gasteiger partial charge < -0.3 is 9.64 Å². The number of ether oxygens (including phenoxy) is 2. The molecule has 0 spiro atoms. The second-order valence-electron chi connectivity index (χ2n) is 13.3. The van der Waals surface area contributed by atoms with Gasteiger partial charge in [0.05, 0.1) is 22.2 Å². The van der Waals surface area contributed by atoms with Crippen molar-refractivity contribution < 1.29 is 35.9 Å². The fourth-order valence-electron chi connectivity index (χ4n) is 6.27. The number of fused-ring (bicyclic) bond motifs is 4. The summed E-state index contributed by atoms with van der Waals surface area (Å²) < 4.78 is 79.7. The molecule has 2 aromatic carbocycles. The minimum Gasteiger partial charge on any atom is -0.475 e. The summed E-state index contributed by atoms with van der Waals surface area (Å²) in [5.74, 6) is -0.641. The van der Waals surface area contributed by atoms with Gasteiger partial charge in [0.15, 0.2) is 0 Å². The number of rotatable bonds is 4. The highest BCUT2D eigenvalue weighted by Gasteiger charge is 2.53. The molecule has 1 saturated carbocycles. The molecule has 45 heavy (non-hydrogen) atoms. The van der Waals surface area contributed by atoms with E-state index in [0.29, 0.717) is 12.1 Å². The second kappa shape index (κ2) is 11.6. The topological polar surface area (TPSA) is 111 Å². The Morgan fingerprint density at radius 2 is 1.69 bits per heavy atom. The number of carbonyl (C=O) groups is 1. The molecule has 1 atom stereocenters. The van der Waals surface area contributed by atoms with Crippen LogP contribution >= 0.6 is 0 Å². The Morgan fingerprint density at radius 1 is 1.04 bits per heavy atom. The summed E-state index contributed by atoms with van der Waals surface area (Å²) in [7, 11) is -4.26. The molecule has 0 unspecified atom stereocenters. The van der Waals surface area contributed by atoms with Gasteiger partial charge >= 0.3 is 6.36 Å². The van der Waals surface area contributed by atoms with E-state index in [1.54, 1.807) is 6.07 Å². The van der Waals surface area contributed by atoms with Crippen LogP contribution in [0.25, 0.3) is 11.3 Å². The minimum absolute atomic E-state index is 0.0502. The number of amides is 1. The monoisotopic (exact) mass is 646 g/mol. The van der Waals surface area contributed by atoms with Crippen LogP contribution in [-0.2, 0) is 14.8 Å². The standard InChI is InChI=1S/C32H37F3N4O5S/c1-19-9-7-10-20(2)27(19)25-14-26-37-29(36-25)38-45(41,42)24-12-8-11-21(13-24)28(40)39(23(18-43-26)15-30(3,4)5)22-16-31(6,17-22)44-32(33,34)35/h7-14,22-23H,15-18H2,1-6H3,(H,36,37,38)/t22-,23-,31+/m1/s1. The van der Waals surface area contributed by atoms with Gasteiger partial charge in [0, 0.05) is 23.2 Å². The third-order valence-corrected chi connectivity index (χ3v) is 9.37. The van der Waals surface area contributed by atoms with Gasteiger partial charge in [-0.25, -0.2) is 18.1 Å². The number of hydrogen-bond acceptors (Lipinski definition) is 7. The Bertz CT molecular complexity index is 1700. The molecule has 1 N–H and O–H groups in total. The average molecular weight is 647 g/mol. The summed E-state index contributed by atoms with van der Waals surface area (Å²) in [6.45, 7) is 11.1. The van der Waals surface area contributed by atoms with Crippen LogP contribution in [0.5, 0.6) is 5.88 Å². The van der Waals surface area contributed by atoms with Crippen molar-refractivity contribution in [2.45, 2.75) is 89.7 Å². The van der Waals surface area contributed by atoms with E-state index in [1.807, 2.05) is 52.8 Å². The molecule has 0 saturated heterocycles. The molecular formula is C32H37F3N4O5S. The van der Waals surface area contributed by atoms with E-state index in [-0.39, 0.29) is 47.2 Å². The quantitative estimate of drug-likeness (QED) is 0.338. The second-order valence-corrected chi connectivity index (χ2v) is 15.0. The first-order valence-corrected chi connectivity index (χ1v) is 16.1. The van der Waals surface area contributed by atoms with Crippen LogP contribution in [0.1, 0.15) is 68.4 Å². The molecule has 242 valence electrons. The molecule has 1 fully saturated rings. The van der Waals surface area contributed by atoms with Crippen molar-refractivity contribution in [3.05, 3.63) is 65.2 Å². The number of hydrogen-bond donors (Lipinski definition) is 1. The highest BCUT2D eigenvalue weighted by atomic mass is 32.2. The summed E-state index contributed by atoms with van der Waals surface area (Å²) in [4.78, 5) is 24.4. The van der Waals surface area contributed by atoms with Gasteiger partial charge in [-0.05, 0) is 74.8 Å². The largest absolute Gasteiger partial charge is 0.523 e. The first-order chi connectivity index (χ1) is 20.8. The molecule has 3 aromatic rings. The zero-order valence-electron chi connectivity index (χ0n) is 26.0. The number of nitrogens with one attached hydrogen (secondary N) is 1. The first kappa shape index (κ1) is 32.7. The lowest BCUT2D eigenvalue weighted by Crippen LogP contribution is -2.61. The SMILES string of the molecule is Cc1cccc(C)c1-c1cc2nc(n1)NS(=O)(=O)c1cccc(c1)C(=O)N([C@H]1C[C@@](C)(OC(F)(F)F)C1)[C@H](CC(C)(C)C)CO2. The fraction of sp³-hybridized carbons (Fsp3) is 0.469. The third kappa shape index (κ3) is 7.41. The van der Waals surface area contributed by atoms with E-state index in [0.717, 1.165) is 16.7 Å². The number of benzene rings is 2. The maximum atomic E-state index is 14.2. The van der Waals surface area contributed by atoms with E-state index < -0.39 is 40.0 Å².